The maximum atomic E-state index is 14.9. The van der Waals surface area contributed by atoms with Gasteiger partial charge in [-0.05, 0) is 164 Å². The van der Waals surface area contributed by atoms with Crippen LogP contribution in [0.4, 0.5) is 28.4 Å². The smallest absolute Gasteiger partial charge is 0.293 e. The minimum atomic E-state index is -4.65. The van der Waals surface area contributed by atoms with Gasteiger partial charge in [-0.25, -0.2) is 13.1 Å². The molecule has 81 heavy (non-hydrogen) atoms. The van der Waals surface area contributed by atoms with Crippen molar-refractivity contribution in [2.45, 2.75) is 171 Å². The minimum absolute atomic E-state index is 0.101. The molecule has 3 atom stereocenters. The van der Waals surface area contributed by atoms with Crippen LogP contribution in [0.5, 0.6) is 11.6 Å². The van der Waals surface area contributed by atoms with Crippen molar-refractivity contribution in [1.82, 2.24) is 19.2 Å². The number of nitrogens with zero attached hydrogens (tertiary/aromatic N) is 6. The van der Waals surface area contributed by atoms with Crippen molar-refractivity contribution in [1.29, 1.82) is 0 Å². The van der Waals surface area contributed by atoms with E-state index in [4.69, 9.17) is 23.9 Å². The van der Waals surface area contributed by atoms with Crippen molar-refractivity contribution in [2.75, 3.05) is 61.1 Å². The lowest BCUT2D eigenvalue weighted by Crippen LogP contribution is -2.56. The van der Waals surface area contributed by atoms with Crippen LogP contribution in [0.25, 0.3) is 11.0 Å². The van der Waals surface area contributed by atoms with Gasteiger partial charge in [-0.2, -0.15) is 4.98 Å². The van der Waals surface area contributed by atoms with E-state index in [1.54, 1.807) is 6.07 Å². The topological polar surface area (TPSA) is 203 Å². The zero-order chi connectivity index (χ0) is 56.8. The van der Waals surface area contributed by atoms with Crippen LogP contribution in [0.3, 0.4) is 0 Å². The first kappa shape index (κ1) is 57.1. The molecule has 11 rings (SSSR count). The molecule has 4 aliphatic heterocycles. The van der Waals surface area contributed by atoms with Crippen LogP contribution < -0.4 is 29.3 Å². The summed E-state index contributed by atoms with van der Waals surface area (Å²) in [7, 11) is -5.96. The summed E-state index contributed by atoms with van der Waals surface area (Å²) in [5, 5.41) is 26.9. The number of piperidine rings is 2. The van der Waals surface area contributed by atoms with Gasteiger partial charge in [0.25, 0.3) is 21.6 Å². The molecule has 0 radical (unpaired) electrons. The summed E-state index contributed by atoms with van der Waals surface area (Å²) >= 11 is 0. The number of nitro groups is 1. The number of rotatable bonds is 18. The zero-order valence-corrected chi connectivity index (χ0v) is 49.8. The van der Waals surface area contributed by atoms with Crippen LogP contribution >= 0.6 is 0 Å². The van der Waals surface area contributed by atoms with Crippen LogP contribution in [-0.4, -0.2) is 123 Å². The highest BCUT2D eigenvalue weighted by molar-refractivity contribution is 7.90. The molecule has 18 nitrogen and oxygen atoms in total. The van der Waals surface area contributed by atoms with E-state index in [-0.39, 0.29) is 41.3 Å². The zero-order valence-electron chi connectivity index (χ0n) is 48.0. The van der Waals surface area contributed by atoms with Crippen molar-refractivity contribution in [3.63, 3.8) is 0 Å². The lowest BCUT2D eigenvalue weighted by atomic mass is 9.59. The summed E-state index contributed by atoms with van der Waals surface area (Å²) in [6, 6.07) is 23.5. The van der Waals surface area contributed by atoms with E-state index >= 15 is 0 Å². The van der Waals surface area contributed by atoms with Crippen molar-refractivity contribution in [2.24, 2.45) is 11.3 Å². The van der Waals surface area contributed by atoms with Crippen molar-refractivity contribution >= 4 is 63.5 Å². The lowest BCUT2D eigenvalue weighted by Gasteiger charge is -2.57. The molecule has 0 unspecified atom stereocenters. The highest BCUT2D eigenvalue weighted by atomic mass is 32.2. The second kappa shape index (κ2) is 23.1. The number of sulfonamides is 1. The molecule has 1 amide bonds. The van der Waals surface area contributed by atoms with Crippen LogP contribution in [0.1, 0.15) is 120 Å². The van der Waals surface area contributed by atoms with Crippen molar-refractivity contribution in [3.05, 3.63) is 100 Å². The number of ether oxygens (including phenoxy) is 4. The number of aliphatic hydroxyl groups is 1. The fourth-order valence-corrected chi connectivity index (χ4v) is 15.2. The number of carbonyl (C=O) groups is 1. The number of likely N-dealkylation sites (tertiary alicyclic amines) is 1. The number of hydrogen-bond acceptors (Lipinski definition) is 15. The molecule has 5 fully saturated rings. The van der Waals surface area contributed by atoms with Gasteiger partial charge in [0.05, 0.1) is 45.4 Å². The number of nitrogens with one attached hydrogen (secondary N) is 2. The van der Waals surface area contributed by atoms with Gasteiger partial charge < -0.3 is 43.7 Å². The predicted octanol–water partition coefficient (Wildman–Crippen LogP) is 11.2. The normalized spacial score (nSPS) is 24.3. The first-order valence-electron chi connectivity index (χ1n) is 29.6. The maximum absolute atomic E-state index is 14.9. The van der Waals surface area contributed by atoms with Crippen LogP contribution in [0, 0.1) is 21.4 Å². The molecule has 3 aromatic carbocycles. The van der Waals surface area contributed by atoms with Crippen LogP contribution in [0.15, 0.2) is 83.9 Å². The molecule has 2 aliphatic carbocycles. The second-order valence-corrected chi connectivity index (χ2v) is 33.0. The molecule has 6 heterocycles. The molecule has 1 spiro atoms. The predicted molar refractivity (Wildman–Crippen MR) is 317 cm³/mol. The number of benzene rings is 3. The Balaban J connectivity index is 0.879. The third-order valence-corrected chi connectivity index (χ3v) is 21.2. The average molecular weight is 1150 g/mol. The molecule has 20 heteroatoms. The third-order valence-electron chi connectivity index (χ3n) is 18.2. The lowest BCUT2D eigenvalue weighted by molar-refractivity contribution is -0.384. The molecule has 2 saturated carbocycles. The van der Waals surface area contributed by atoms with Crippen LogP contribution in [0.2, 0.25) is 25.7 Å². The average Bonchev–Trinajstić information content (AvgIpc) is 3.64. The van der Waals surface area contributed by atoms with Gasteiger partial charge in [-0.1, -0.05) is 44.3 Å². The van der Waals surface area contributed by atoms with Gasteiger partial charge in [0.1, 0.15) is 35.6 Å². The van der Waals surface area contributed by atoms with Gasteiger partial charge in [-0.15, -0.1) is 0 Å². The minimum Gasteiger partial charge on any atom is -0.491 e. The van der Waals surface area contributed by atoms with Gasteiger partial charge >= 0.3 is 0 Å². The Kier molecular flexibility index (Phi) is 16.3. The summed E-state index contributed by atoms with van der Waals surface area (Å²) in [5.41, 5.74) is 3.42. The van der Waals surface area contributed by atoms with E-state index in [1.165, 1.54) is 30.5 Å². The van der Waals surface area contributed by atoms with Gasteiger partial charge in [0.15, 0.2) is 0 Å². The molecule has 6 aliphatic rings. The molecule has 5 aromatic rings. The monoisotopic (exact) mass is 1150 g/mol. The quantitative estimate of drug-likeness (QED) is 0.0323. The third kappa shape index (κ3) is 12.5. The molecule has 436 valence electrons. The Hall–Kier alpha value is -5.77. The Morgan fingerprint density at radius 3 is 2.48 bits per heavy atom. The number of amides is 1. The van der Waals surface area contributed by atoms with Crippen molar-refractivity contribution in [3.8, 4) is 11.6 Å². The molecular weight excluding hydrogens is 1060 g/mol. The Morgan fingerprint density at radius 1 is 0.951 bits per heavy atom. The fourth-order valence-electron chi connectivity index (χ4n) is 13.5. The van der Waals surface area contributed by atoms with E-state index in [9.17, 15) is 28.4 Å². The largest absolute Gasteiger partial charge is 0.491 e. The van der Waals surface area contributed by atoms with Crippen LogP contribution in [-0.2, 0) is 26.2 Å². The molecule has 3 N–H and O–H groups in total. The summed E-state index contributed by atoms with van der Waals surface area (Å²) in [4.78, 5) is 38.8. The highest BCUT2D eigenvalue weighted by Gasteiger charge is 2.50. The number of para-hydroxylation sites is 1. The number of carbonyl (C=O) groups excluding carboxylic acids is 1. The number of nitro benzene ring substituents is 1. The Morgan fingerprint density at radius 2 is 1.73 bits per heavy atom. The maximum Gasteiger partial charge on any atom is 0.293 e. The van der Waals surface area contributed by atoms with E-state index in [2.05, 4.69) is 82.5 Å². The number of hydrogen-bond donors (Lipinski definition) is 3. The first-order chi connectivity index (χ1) is 38.7. The second-order valence-electron chi connectivity index (χ2n) is 25.7. The van der Waals surface area contributed by atoms with E-state index in [0.29, 0.717) is 80.7 Å². The van der Waals surface area contributed by atoms with E-state index < -0.39 is 51.2 Å². The van der Waals surface area contributed by atoms with Gasteiger partial charge in [0.2, 0.25) is 5.88 Å². The van der Waals surface area contributed by atoms with Crippen molar-refractivity contribution < 1.29 is 42.2 Å². The van der Waals surface area contributed by atoms with E-state index in [1.807, 2.05) is 42.0 Å². The number of fused-ring (bicyclic) bond motifs is 3. The Bertz CT molecular complexity index is 3210. The standard InChI is InChI=1S/C61H82N8O10SSi/c1-41(2)78-55-13-8-7-11-47(55)50-12-9-10-26-67(50)45-36-61(37-45)24-28-65(29-25-61)44-14-16-48(58(70)64-80(74,75)46-15-17-49(53(35-46)69(72)73)62-38-42-18-22-60(3,71)23-19-42)52(34-44)68-51-21-30-76-39-56(51)79-59-54(68)33-43-20-27-66(57(43)63-59)40-77-31-32-81(4,5)6/h7-8,11,13-17,20,27,33-35,41-42,45,50-51,56,62,71H,9-10,12,18-19,21-26,28-32,36-40H2,1-6H3,(H,64,70)/t42-,50-,51+,56+,60-/m1/s1. The summed E-state index contributed by atoms with van der Waals surface area (Å²) < 4.78 is 58.2. The van der Waals surface area contributed by atoms with E-state index in [0.717, 1.165) is 93.5 Å². The van der Waals surface area contributed by atoms with Gasteiger partial charge in [0, 0.05) is 81.9 Å². The SMILES string of the molecule is CC(C)Oc1ccccc1[C@H]1CCCCN1C1CC2(CCN(c3ccc(C(=O)NS(=O)(=O)c4ccc(NC[C@H]5CC[C@](C)(O)CC5)c([N+](=O)[O-])c4)c(N4c5cc6ccn(COCC[Si](C)(C)C)c6nc5O[C@H]5COCC[C@@H]54)c3)CC2)C1. The number of aromatic nitrogens is 2. The Labute approximate surface area is 478 Å². The number of anilines is 4. The molecular formula is C61H82N8O10SSi. The highest BCUT2D eigenvalue weighted by Crippen LogP contribution is 2.55. The summed E-state index contributed by atoms with van der Waals surface area (Å²) in [6.45, 7) is 17.8. The number of pyridine rings is 1. The molecule has 0 bridgehead atoms. The summed E-state index contributed by atoms with van der Waals surface area (Å²) in [6.07, 6.45) is 12.8. The molecule has 3 saturated heterocycles. The van der Waals surface area contributed by atoms with Gasteiger partial charge in [-0.3, -0.25) is 19.8 Å². The molecule has 2 aromatic heterocycles. The first-order valence-corrected chi connectivity index (χ1v) is 34.7. The fraction of sp³-hybridized carbons (Fsp3) is 0.574. The summed E-state index contributed by atoms with van der Waals surface area (Å²) in [5.74, 6) is 0.668.